The van der Waals surface area contributed by atoms with Crippen LogP contribution in [-0.2, 0) is 32.7 Å². The van der Waals surface area contributed by atoms with E-state index in [0.29, 0.717) is 26.4 Å². The van der Waals surface area contributed by atoms with Crippen LogP contribution in [-0.4, -0.2) is 45.0 Å². The van der Waals surface area contributed by atoms with E-state index in [0.717, 1.165) is 77.0 Å². The van der Waals surface area contributed by atoms with Crippen LogP contribution in [0.2, 0.25) is 0 Å². The Morgan fingerprint density at radius 3 is 1.23 bits per heavy atom. The number of unbranched alkanes of at least 4 members (excludes halogenated alkanes) is 10. The van der Waals surface area contributed by atoms with Gasteiger partial charge in [0.2, 0.25) is 0 Å². The van der Waals surface area contributed by atoms with Crippen molar-refractivity contribution in [2.75, 3.05) is 33.1 Å². The minimum absolute atomic E-state index is 0.371. The fourth-order valence-corrected chi connectivity index (χ4v) is 3.78. The predicted octanol–water partition coefficient (Wildman–Crippen LogP) is 5.98. The van der Waals surface area contributed by atoms with Gasteiger partial charge in [-0.05, 0) is 25.7 Å². The van der Waals surface area contributed by atoms with Crippen LogP contribution in [0.4, 0.5) is 0 Å². The molecule has 0 unspecified atom stereocenters. The molecular formula is C23H41O7P. The lowest BCUT2D eigenvalue weighted by atomic mass is 10.1. The molecule has 0 amide bonds. The minimum atomic E-state index is -2.97. The lowest BCUT2D eigenvalue weighted by Crippen LogP contribution is -2.01. The maximum atomic E-state index is 12.2. The zero-order valence-corrected chi connectivity index (χ0v) is 20.1. The summed E-state index contributed by atoms with van der Waals surface area (Å²) in [5.74, 6) is -0.742. The van der Waals surface area contributed by atoms with Gasteiger partial charge >= 0.3 is 19.5 Å². The highest BCUT2D eigenvalue weighted by atomic mass is 31.2. The molecule has 0 atom stereocenters. The third-order valence-electron chi connectivity index (χ3n) is 4.55. The fraction of sp³-hybridized carbons (Fsp3) is 0.739. The van der Waals surface area contributed by atoms with Crippen LogP contribution in [0.3, 0.4) is 0 Å². The van der Waals surface area contributed by atoms with Crippen molar-refractivity contribution in [2.45, 2.75) is 77.0 Å². The summed E-state index contributed by atoms with van der Waals surface area (Å²) < 4.78 is 32.9. The van der Waals surface area contributed by atoms with E-state index in [1.807, 2.05) is 0 Å². The van der Waals surface area contributed by atoms with E-state index >= 15 is 0 Å². The van der Waals surface area contributed by atoms with Gasteiger partial charge in [0.25, 0.3) is 0 Å². The molecule has 0 aliphatic rings. The van der Waals surface area contributed by atoms with Crippen LogP contribution in [0.5, 0.6) is 0 Å². The number of esters is 2. The van der Waals surface area contributed by atoms with Gasteiger partial charge in [0.05, 0.1) is 26.4 Å². The topological polar surface area (TPSA) is 88.1 Å². The molecule has 0 fully saturated rings. The first-order chi connectivity index (χ1) is 14.9. The van der Waals surface area contributed by atoms with Gasteiger partial charge in [0, 0.05) is 18.8 Å². The van der Waals surface area contributed by atoms with Crippen LogP contribution in [0.25, 0.3) is 0 Å². The van der Waals surface area contributed by atoms with Gasteiger partial charge in [-0.3, -0.25) is 4.57 Å². The van der Waals surface area contributed by atoms with Crippen LogP contribution in [0.15, 0.2) is 25.3 Å². The lowest BCUT2D eigenvalue weighted by molar-refractivity contribution is -0.138. The molecule has 0 bridgehead atoms. The van der Waals surface area contributed by atoms with Crippen molar-refractivity contribution in [3.63, 3.8) is 0 Å². The molecule has 180 valence electrons. The van der Waals surface area contributed by atoms with Crippen LogP contribution >= 0.6 is 7.60 Å². The molecule has 7 nitrogen and oxygen atoms in total. The molecule has 8 heteroatoms. The Labute approximate surface area is 188 Å². The van der Waals surface area contributed by atoms with E-state index in [1.54, 1.807) is 0 Å². The van der Waals surface area contributed by atoms with Crippen molar-refractivity contribution in [1.82, 2.24) is 0 Å². The quantitative estimate of drug-likeness (QED) is 0.0849. The van der Waals surface area contributed by atoms with Crippen LogP contribution in [0, 0.1) is 0 Å². The average molecular weight is 461 g/mol. The standard InChI is InChI=1S/C23H41O7P/c1-4-22(24)27-18-14-10-6-8-12-16-20-29-31(3,26)30-21-17-13-9-7-11-15-19-28-23(25)5-2/h4-5H,1-2,6-21H2,3H3. The molecule has 0 radical (unpaired) electrons. The maximum absolute atomic E-state index is 12.2. The summed E-state index contributed by atoms with van der Waals surface area (Å²) in [6.07, 6.45) is 14.1. The van der Waals surface area contributed by atoms with Gasteiger partial charge in [0.15, 0.2) is 0 Å². The van der Waals surface area contributed by atoms with E-state index in [9.17, 15) is 14.2 Å². The van der Waals surface area contributed by atoms with E-state index in [1.165, 1.54) is 18.8 Å². The first kappa shape index (κ1) is 29.6. The van der Waals surface area contributed by atoms with Gasteiger partial charge in [-0.2, -0.15) is 0 Å². The highest BCUT2D eigenvalue weighted by Crippen LogP contribution is 2.44. The number of carbonyl (C=O) groups excluding carboxylic acids is 2. The summed E-state index contributed by atoms with van der Waals surface area (Å²) >= 11 is 0. The second-order valence-corrected chi connectivity index (χ2v) is 9.48. The summed E-state index contributed by atoms with van der Waals surface area (Å²) in [6, 6.07) is 0. The van der Waals surface area contributed by atoms with Gasteiger partial charge in [0.1, 0.15) is 0 Å². The highest BCUT2D eigenvalue weighted by Gasteiger charge is 2.15. The molecular weight excluding hydrogens is 419 g/mol. The fourth-order valence-electron chi connectivity index (χ4n) is 2.78. The molecule has 0 saturated carbocycles. The first-order valence-corrected chi connectivity index (χ1v) is 13.3. The second-order valence-electron chi connectivity index (χ2n) is 7.42. The molecule has 0 spiro atoms. The largest absolute Gasteiger partial charge is 0.463 e. The molecule has 0 aromatic rings. The average Bonchev–Trinajstić information content (AvgIpc) is 2.75. The van der Waals surface area contributed by atoms with Crippen molar-refractivity contribution in [1.29, 1.82) is 0 Å². The summed E-state index contributed by atoms with van der Waals surface area (Å²) in [5, 5.41) is 0. The molecule has 0 aliphatic carbocycles. The normalized spacial score (nSPS) is 11.1. The third kappa shape index (κ3) is 21.6. The van der Waals surface area contributed by atoms with E-state index < -0.39 is 7.60 Å². The van der Waals surface area contributed by atoms with Gasteiger partial charge in [-0.1, -0.05) is 64.5 Å². The van der Waals surface area contributed by atoms with Crippen molar-refractivity contribution in [2.24, 2.45) is 0 Å². The lowest BCUT2D eigenvalue weighted by Gasteiger charge is -2.14. The summed E-state index contributed by atoms with van der Waals surface area (Å²) in [4.78, 5) is 21.8. The highest BCUT2D eigenvalue weighted by molar-refractivity contribution is 7.52. The van der Waals surface area contributed by atoms with Crippen molar-refractivity contribution >= 4 is 19.5 Å². The predicted molar refractivity (Wildman–Crippen MR) is 123 cm³/mol. The van der Waals surface area contributed by atoms with Crippen molar-refractivity contribution in [3.05, 3.63) is 25.3 Å². The number of hydrogen-bond donors (Lipinski definition) is 0. The Balaban J connectivity index is 3.40. The Morgan fingerprint density at radius 1 is 0.613 bits per heavy atom. The van der Waals surface area contributed by atoms with Crippen LogP contribution in [0.1, 0.15) is 77.0 Å². The molecule has 0 aromatic heterocycles. The Kier molecular flexibility index (Phi) is 19.5. The van der Waals surface area contributed by atoms with Gasteiger partial charge in [-0.15, -0.1) is 0 Å². The zero-order chi connectivity index (χ0) is 23.2. The minimum Gasteiger partial charge on any atom is -0.463 e. The maximum Gasteiger partial charge on any atom is 0.330 e. The molecule has 31 heavy (non-hydrogen) atoms. The summed E-state index contributed by atoms with van der Waals surface area (Å²) in [5.41, 5.74) is 0. The van der Waals surface area contributed by atoms with Crippen molar-refractivity contribution in [3.8, 4) is 0 Å². The first-order valence-electron chi connectivity index (χ1n) is 11.4. The molecule has 0 heterocycles. The van der Waals surface area contributed by atoms with E-state index in [2.05, 4.69) is 13.2 Å². The molecule has 0 rings (SSSR count). The van der Waals surface area contributed by atoms with Crippen LogP contribution < -0.4 is 0 Å². The zero-order valence-electron chi connectivity index (χ0n) is 19.2. The van der Waals surface area contributed by atoms with Crippen molar-refractivity contribution < 1.29 is 32.7 Å². The van der Waals surface area contributed by atoms with Gasteiger partial charge < -0.3 is 18.5 Å². The molecule has 0 N–H and O–H groups in total. The van der Waals surface area contributed by atoms with E-state index in [4.69, 9.17) is 18.5 Å². The number of carbonyl (C=O) groups is 2. The summed E-state index contributed by atoms with van der Waals surface area (Å²) in [6.45, 7) is 10.0. The molecule has 0 saturated heterocycles. The van der Waals surface area contributed by atoms with E-state index in [-0.39, 0.29) is 11.9 Å². The molecule has 0 aromatic carbocycles. The monoisotopic (exact) mass is 460 g/mol. The number of rotatable bonds is 22. The number of ether oxygens (including phenoxy) is 2. The molecule has 0 aliphatic heterocycles. The Morgan fingerprint density at radius 2 is 0.903 bits per heavy atom. The SMILES string of the molecule is C=CC(=O)OCCCCCCCCOP(C)(=O)OCCCCCCCCOC(=O)C=C. The smallest absolute Gasteiger partial charge is 0.330 e. The third-order valence-corrected chi connectivity index (χ3v) is 5.85. The summed E-state index contributed by atoms with van der Waals surface area (Å²) in [7, 11) is -2.97. The second kappa shape index (κ2) is 20.5. The Bertz CT molecular complexity index is 504. The van der Waals surface area contributed by atoms with Gasteiger partial charge in [-0.25, -0.2) is 9.59 Å². The number of hydrogen-bond acceptors (Lipinski definition) is 7. The Hall–Kier alpha value is -1.43.